The normalized spacial score (nSPS) is 13.5. The lowest BCUT2D eigenvalue weighted by Crippen LogP contribution is -2.30. The number of allylic oxidation sites excluding steroid dienone is 26. The van der Waals surface area contributed by atoms with Gasteiger partial charge in [0.2, 0.25) is 0 Å². The van der Waals surface area contributed by atoms with Crippen LogP contribution in [0.3, 0.4) is 0 Å². The second-order valence-corrected chi connectivity index (χ2v) is 15.0. The number of ether oxygens (including phenoxy) is 3. The Balaban J connectivity index is 4.60. The van der Waals surface area contributed by atoms with Gasteiger partial charge >= 0.3 is 17.9 Å². The van der Waals surface area contributed by atoms with Gasteiger partial charge in [0.15, 0.2) is 6.10 Å². The number of unbranched alkanes of at least 4 members (excludes halogenated alkanes) is 7. The van der Waals surface area contributed by atoms with Gasteiger partial charge in [-0.3, -0.25) is 14.4 Å². The van der Waals surface area contributed by atoms with E-state index >= 15 is 0 Å². The lowest BCUT2D eigenvalue weighted by molar-refractivity contribution is -0.167. The van der Waals surface area contributed by atoms with Crippen LogP contribution < -0.4 is 0 Å². The lowest BCUT2D eigenvalue weighted by atomic mass is 10.1. The van der Waals surface area contributed by atoms with E-state index in [0.717, 1.165) is 109 Å². The number of hydrogen-bond donors (Lipinski definition) is 0. The Labute approximate surface area is 384 Å². The van der Waals surface area contributed by atoms with E-state index in [0.29, 0.717) is 19.3 Å². The fourth-order valence-electron chi connectivity index (χ4n) is 5.63. The molecule has 0 aromatic rings. The Morgan fingerprint density at radius 2 is 0.667 bits per heavy atom. The summed E-state index contributed by atoms with van der Waals surface area (Å²) in [5.41, 5.74) is 0. The fourth-order valence-corrected chi connectivity index (χ4v) is 5.63. The molecule has 63 heavy (non-hydrogen) atoms. The molecule has 0 spiro atoms. The van der Waals surface area contributed by atoms with Gasteiger partial charge in [0, 0.05) is 19.3 Å². The molecule has 0 fully saturated rings. The Kier molecular flexibility index (Phi) is 45.8. The standard InChI is InChI=1S/C57H84O6/c1-4-7-10-13-16-19-22-24-26-27-28-29-31-32-35-38-41-44-47-50-56(59)62-53-54(52-61-55(58)49-46-43-40-37-34-21-18-15-12-9-6-3)63-57(60)51-48-45-42-39-36-33-30-25-23-20-17-14-11-8-5-2/h7-12,14,16-21,23-26,28-30,32-33,35-37,40,54H,4-6,13,15,22,27,31,34,38-39,41-53H2,1-3H3/b10-7-,11-8-,12-9-,17-14-,19-16-,21-18-,23-20-,26-24-,29-28-,30-25-,35-32-,36-33-,40-37-. The maximum atomic E-state index is 12.7. The minimum absolute atomic E-state index is 0.137. The number of carbonyl (C=O) groups excluding carboxylic acids is 3. The van der Waals surface area contributed by atoms with Crippen molar-refractivity contribution in [3.63, 3.8) is 0 Å². The molecule has 0 saturated heterocycles. The first kappa shape index (κ1) is 58.0. The summed E-state index contributed by atoms with van der Waals surface area (Å²) in [5, 5.41) is 0. The molecule has 1 atom stereocenters. The molecule has 0 heterocycles. The van der Waals surface area contributed by atoms with E-state index in [-0.39, 0.29) is 44.0 Å². The summed E-state index contributed by atoms with van der Waals surface area (Å²) < 4.78 is 16.6. The highest BCUT2D eigenvalue weighted by molar-refractivity contribution is 5.71. The maximum Gasteiger partial charge on any atom is 0.306 e. The van der Waals surface area contributed by atoms with Gasteiger partial charge in [0.25, 0.3) is 0 Å². The zero-order chi connectivity index (χ0) is 45.8. The molecule has 1 unspecified atom stereocenters. The molecule has 0 rings (SSSR count). The van der Waals surface area contributed by atoms with Gasteiger partial charge < -0.3 is 14.2 Å². The second-order valence-electron chi connectivity index (χ2n) is 15.0. The first-order valence-electron chi connectivity index (χ1n) is 24.1. The quantitative estimate of drug-likeness (QED) is 0.0201. The smallest absolute Gasteiger partial charge is 0.306 e. The average Bonchev–Trinajstić information content (AvgIpc) is 3.28. The summed E-state index contributed by atoms with van der Waals surface area (Å²) in [5.74, 6) is -1.08. The minimum Gasteiger partial charge on any atom is -0.462 e. The topological polar surface area (TPSA) is 78.9 Å². The van der Waals surface area contributed by atoms with Crippen molar-refractivity contribution in [3.05, 3.63) is 158 Å². The Morgan fingerprint density at radius 1 is 0.333 bits per heavy atom. The molecule has 348 valence electrons. The highest BCUT2D eigenvalue weighted by Crippen LogP contribution is 2.10. The van der Waals surface area contributed by atoms with Crippen molar-refractivity contribution in [3.8, 4) is 0 Å². The molecular formula is C57H84O6. The van der Waals surface area contributed by atoms with Crippen LogP contribution >= 0.6 is 0 Å². The zero-order valence-corrected chi connectivity index (χ0v) is 39.5. The molecule has 0 amide bonds. The Morgan fingerprint density at radius 3 is 1.11 bits per heavy atom. The Bertz CT molecular complexity index is 1510. The van der Waals surface area contributed by atoms with Crippen molar-refractivity contribution in [2.75, 3.05) is 13.2 Å². The Hall–Kier alpha value is -4.97. The number of esters is 3. The van der Waals surface area contributed by atoms with Crippen LogP contribution in [0.2, 0.25) is 0 Å². The molecule has 0 aliphatic heterocycles. The monoisotopic (exact) mass is 865 g/mol. The molecular weight excluding hydrogens is 781 g/mol. The predicted molar refractivity (Wildman–Crippen MR) is 269 cm³/mol. The maximum absolute atomic E-state index is 12.7. The van der Waals surface area contributed by atoms with Crippen molar-refractivity contribution in [1.29, 1.82) is 0 Å². The van der Waals surface area contributed by atoms with Gasteiger partial charge in [0.1, 0.15) is 13.2 Å². The van der Waals surface area contributed by atoms with Crippen LogP contribution in [0.5, 0.6) is 0 Å². The van der Waals surface area contributed by atoms with Crippen molar-refractivity contribution in [2.24, 2.45) is 0 Å². The van der Waals surface area contributed by atoms with E-state index in [1.165, 1.54) is 0 Å². The van der Waals surface area contributed by atoms with Crippen molar-refractivity contribution in [2.45, 2.75) is 168 Å². The summed E-state index contributed by atoms with van der Waals surface area (Å²) in [7, 11) is 0. The zero-order valence-electron chi connectivity index (χ0n) is 39.5. The van der Waals surface area contributed by atoms with Gasteiger partial charge in [0.05, 0.1) is 0 Å². The van der Waals surface area contributed by atoms with Crippen LogP contribution in [0.25, 0.3) is 0 Å². The van der Waals surface area contributed by atoms with Crippen LogP contribution in [-0.2, 0) is 28.6 Å². The first-order chi connectivity index (χ1) is 31.0. The average molecular weight is 865 g/mol. The van der Waals surface area contributed by atoms with Gasteiger partial charge in [-0.05, 0) is 109 Å². The highest BCUT2D eigenvalue weighted by atomic mass is 16.6. The van der Waals surface area contributed by atoms with Crippen LogP contribution in [-0.4, -0.2) is 37.2 Å². The highest BCUT2D eigenvalue weighted by Gasteiger charge is 2.19. The molecule has 0 aliphatic rings. The first-order valence-corrected chi connectivity index (χ1v) is 24.1. The molecule has 0 radical (unpaired) electrons. The van der Waals surface area contributed by atoms with Crippen LogP contribution in [0.15, 0.2) is 158 Å². The third-order valence-corrected chi connectivity index (χ3v) is 9.14. The molecule has 0 aromatic carbocycles. The SMILES string of the molecule is CC\C=C/C=C\C=C/C=C\C=C/CCCCCC(=O)OC(COC(=O)CCC/C=C\C/C=C\C/C=C\CC)COC(=O)CCCCC/C=C\C/C=C\C/C=C\C/C=C\C/C=C\CC. The molecule has 6 heteroatoms. The van der Waals surface area contributed by atoms with Crippen LogP contribution in [0.1, 0.15) is 162 Å². The molecule has 6 nitrogen and oxygen atoms in total. The lowest BCUT2D eigenvalue weighted by Gasteiger charge is -2.18. The second kappa shape index (κ2) is 49.7. The molecule has 0 saturated carbocycles. The summed E-state index contributed by atoms with van der Waals surface area (Å²) in [6.45, 7) is 6.10. The van der Waals surface area contributed by atoms with Gasteiger partial charge in [-0.1, -0.05) is 192 Å². The third kappa shape index (κ3) is 47.9. The molecule has 0 N–H and O–H groups in total. The van der Waals surface area contributed by atoms with E-state index in [1.807, 2.05) is 48.6 Å². The predicted octanol–water partition coefficient (Wildman–Crippen LogP) is 15.9. The van der Waals surface area contributed by atoms with Crippen molar-refractivity contribution < 1.29 is 28.6 Å². The summed E-state index contributed by atoms with van der Waals surface area (Å²) in [4.78, 5) is 37.8. The molecule has 0 bridgehead atoms. The van der Waals surface area contributed by atoms with E-state index < -0.39 is 6.10 Å². The van der Waals surface area contributed by atoms with Crippen LogP contribution in [0, 0.1) is 0 Å². The van der Waals surface area contributed by atoms with E-state index in [1.54, 1.807) is 0 Å². The van der Waals surface area contributed by atoms with E-state index in [2.05, 4.69) is 130 Å². The summed E-state index contributed by atoms with van der Waals surface area (Å²) in [6.07, 6.45) is 72.3. The van der Waals surface area contributed by atoms with E-state index in [4.69, 9.17) is 14.2 Å². The van der Waals surface area contributed by atoms with Crippen LogP contribution in [0.4, 0.5) is 0 Å². The third-order valence-electron chi connectivity index (χ3n) is 9.14. The summed E-state index contributed by atoms with van der Waals surface area (Å²) >= 11 is 0. The number of hydrogen-bond acceptors (Lipinski definition) is 6. The van der Waals surface area contributed by atoms with E-state index in [9.17, 15) is 14.4 Å². The largest absolute Gasteiger partial charge is 0.462 e. The summed E-state index contributed by atoms with van der Waals surface area (Å²) in [6, 6.07) is 0. The minimum atomic E-state index is -0.841. The van der Waals surface area contributed by atoms with Crippen molar-refractivity contribution in [1.82, 2.24) is 0 Å². The van der Waals surface area contributed by atoms with Gasteiger partial charge in [-0.2, -0.15) is 0 Å². The molecule has 0 aliphatic carbocycles. The fraction of sp³-hybridized carbons (Fsp3) is 0.491. The van der Waals surface area contributed by atoms with Gasteiger partial charge in [-0.25, -0.2) is 0 Å². The number of rotatable bonds is 40. The molecule has 0 aromatic heterocycles. The van der Waals surface area contributed by atoms with Crippen molar-refractivity contribution >= 4 is 17.9 Å². The number of carbonyl (C=O) groups is 3. The van der Waals surface area contributed by atoms with Gasteiger partial charge in [-0.15, -0.1) is 0 Å².